The van der Waals surface area contributed by atoms with Crippen LogP contribution in [0.3, 0.4) is 0 Å². The van der Waals surface area contributed by atoms with Gasteiger partial charge in [-0.25, -0.2) is 0 Å². The fourth-order valence-corrected chi connectivity index (χ4v) is 1.72. The number of hydrogen-bond donors (Lipinski definition) is 1. The molecular formula is C10H17NO3S. The lowest BCUT2D eigenvalue weighted by molar-refractivity contribution is 0.339. The molecule has 0 heterocycles. The van der Waals surface area contributed by atoms with Crippen LogP contribution in [0.2, 0.25) is 0 Å². The van der Waals surface area contributed by atoms with Gasteiger partial charge in [0, 0.05) is 0 Å². The zero-order valence-electron chi connectivity index (χ0n) is 9.44. The summed E-state index contributed by atoms with van der Waals surface area (Å²) in [6, 6.07) is 0. The van der Waals surface area contributed by atoms with Crippen LogP contribution in [0.5, 0.6) is 0 Å². The predicted octanol–water partition coefficient (Wildman–Crippen LogP) is 2.02. The van der Waals surface area contributed by atoms with Gasteiger partial charge in [-0.1, -0.05) is 23.3 Å². The van der Waals surface area contributed by atoms with Gasteiger partial charge < -0.3 is 0 Å². The molecule has 0 atom stereocenters. The normalized spacial score (nSPS) is 13.9. The van der Waals surface area contributed by atoms with Crippen molar-refractivity contribution in [2.75, 3.05) is 0 Å². The van der Waals surface area contributed by atoms with Crippen molar-refractivity contribution in [3.63, 3.8) is 0 Å². The molecule has 0 bridgehead atoms. The minimum absolute atomic E-state index is 0.565. The Labute approximate surface area is 91.2 Å². The van der Waals surface area contributed by atoms with Crippen LogP contribution >= 0.6 is 0 Å². The Hall–Kier alpha value is -0.910. The maximum atomic E-state index is 10.9. The van der Waals surface area contributed by atoms with Crippen LogP contribution in [0, 0.1) is 0 Å². The van der Waals surface area contributed by atoms with E-state index in [0.29, 0.717) is 5.57 Å². The standard InChI is InChI=1S/C10H17NO3S/c1-8(2)5-9(3)6-10(4)7-15(12,13)14-11/h5-7H,11H2,1-4H3/b9-6-,10-7+. The zero-order chi connectivity index (χ0) is 12.1. The van der Waals surface area contributed by atoms with Gasteiger partial charge in [-0.3, -0.25) is 0 Å². The van der Waals surface area contributed by atoms with Crippen molar-refractivity contribution in [3.8, 4) is 0 Å². The second-order valence-electron chi connectivity index (χ2n) is 3.56. The van der Waals surface area contributed by atoms with E-state index in [1.54, 1.807) is 13.0 Å². The summed E-state index contributed by atoms with van der Waals surface area (Å²) in [5.41, 5.74) is 2.68. The molecule has 0 rings (SSSR count). The Morgan fingerprint density at radius 2 is 1.60 bits per heavy atom. The molecule has 0 saturated carbocycles. The van der Waals surface area contributed by atoms with E-state index in [0.717, 1.165) is 16.6 Å². The molecule has 0 aliphatic heterocycles. The van der Waals surface area contributed by atoms with Gasteiger partial charge >= 0.3 is 10.1 Å². The highest BCUT2D eigenvalue weighted by Crippen LogP contribution is 2.07. The van der Waals surface area contributed by atoms with Crippen molar-refractivity contribution in [2.45, 2.75) is 27.7 Å². The monoisotopic (exact) mass is 231 g/mol. The number of hydrogen-bond acceptors (Lipinski definition) is 4. The van der Waals surface area contributed by atoms with Gasteiger partial charge in [0.15, 0.2) is 0 Å². The Bertz CT molecular complexity index is 398. The van der Waals surface area contributed by atoms with Crippen LogP contribution in [-0.2, 0) is 14.4 Å². The summed E-state index contributed by atoms with van der Waals surface area (Å²) in [6.07, 6.45) is 3.69. The lowest BCUT2D eigenvalue weighted by Crippen LogP contribution is -2.07. The summed E-state index contributed by atoms with van der Waals surface area (Å²) in [5.74, 6) is 4.60. The molecule has 0 saturated heterocycles. The highest BCUT2D eigenvalue weighted by Gasteiger charge is 2.03. The summed E-state index contributed by atoms with van der Waals surface area (Å²) < 4.78 is 25.7. The van der Waals surface area contributed by atoms with Crippen LogP contribution in [-0.4, -0.2) is 8.42 Å². The first kappa shape index (κ1) is 14.1. The molecule has 0 aromatic heterocycles. The number of allylic oxidation sites excluding steroid dienone is 5. The summed E-state index contributed by atoms with van der Waals surface area (Å²) >= 11 is 0. The van der Waals surface area contributed by atoms with Gasteiger partial charge in [-0.2, -0.15) is 18.6 Å². The van der Waals surface area contributed by atoms with Crippen LogP contribution in [0.15, 0.2) is 34.3 Å². The lowest BCUT2D eigenvalue weighted by Gasteiger charge is -1.97. The van der Waals surface area contributed by atoms with E-state index < -0.39 is 10.1 Å². The summed E-state index contributed by atoms with van der Waals surface area (Å²) in [6.45, 7) is 7.49. The van der Waals surface area contributed by atoms with Crippen molar-refractivity contribution >= 4 is 10.1 Å². The van der Waals surface area contributed by atoms with Crippen molar-refractivity contribution in [3.05, 3.63) is 34.3 Å². The van der Waals surface area contributed by atoms with Crippen molar-refractivity contribution < 1.29 is 12.7 Å². The summed E-state index contributed by atoms with van der Waals surface area (Å²) in [7, 11) is -3.74. The van der Waals surface area contributed by atoms with E-state index in [-0.39, 0.29) is 0 Å². The molecule has 0 aliphatic carbocycles. The highest BCUT2D eigenvalue weighted by atomic mass is 32.2. The third-order valence-electron chi connectivity index (χ3n) is 1.44. The van der Waals surface area contributed by atoms with Gasteiger partial charge in [0.05, 0.1) is 5.41 Å². The van der Waals surface area contributed by atoms with Gasteiger partial charge in [0.2, 0.25) is 0 Å². The largest absolute Gasteiger partial charge is 0.306 e. The van der Waals surface area contributed by atoms with E-state index in [2.05, 4.69) is 10.2 Å². The molecular weight excluding hydrogens is 214 g/mol. The minimum atomic E-state index is -3.74. The van der Waals surface area contributed by atoms with Crippen molar-refractivity contribution in [2.24, 2.45) is 5.90 Å². The van der Waals surface area contributed by atoms with Crippen LogP contribution in [0.4, 0.5) is 0 Å². The van der Waals surface area contributed by atoms with Crippen LogP contribution in [0.1, 0.15) is 27.7 Å². The van der Waals surface area contributed by atoms with Crippen molar-refractivity contribution in [1.29, 1.82) is 0 Å². The van der Waals surface area contributed by atoms with Gasteiger partial charge in [-0.05, 0) is 33.3 Å². The Morgan fingerprint density at radius 1 is 1.07 bits per heavy atom. The van der Waals surface area contributed by atoms with E-state index in [4.69, 9.17) is 0 Å². The van der Waals surface area contributed by atoms with Gasteiger partial charge in [0.1, 0.15) is 0 Å². The molecule has 0 aromatic rings. The van der Waals surface area contributed by atoms with E-state index in [1.807, 2.05) is 26.8 Å². The quantitative estimate of drug-likeness (QED) is 0.593. The number of rotatable bonds is 4. The molecule has 86 valence electrons. The zero-order valence-corrected chi connectivity index (χ0v) is 10.3. The Morgan fingerprint density at radius 3 is 2.00 bits per heavy atom. The third kappa shape index (κ3) is 7.07. The third-order valence-corrected chi connectivity index (χ3v) is 2.36. The second-order valence-corrected chi connectivity index (χ2v) is 4.97. The minimum Gasteiger partial charge on any atom is -0.197 e. The average Bonchev–Trinajstić information content (AvgIpc) is 2.00. The van der Waals surface area contributed by atoms with Crippen molar-refractivity contribution in [1.82, 2.24) is 0 Å². The molecule has 5 heteroatoms. The summed E-state index contributed by atoms with van der Waals surface area (Å²) in [4.78, 5) is 0. The molecule has 15 heavy (non-hydrogen) atoms. The fraction of sp³-hybridized carbons (Fsp3) is 0.400. The molecule has 0 fully saturated rings. The maximum absolute atomic E-state index is 10.9. The first-order valence-electron chi connectivity index (χ1n) is 4.41. The fourth-order valence-electron chi connectivity index (χ4n) is 1.15. The first-order valence-corrected chi connectivity index (χ1v) is 5.89. The lowest BCUT2D eigenvalue weighted by atomic mass is 10.1. The van der Waals surface area contributed by atoms with Crippen LogP contribution < -0.4 is 5.90 Å². The van der Waals surface area contributed by atoms with E-state index in [1.165, 1.54) is 0 Å². The molecule has 4 nitrogen and oxygen atoms in total. The molecule has 0 radical (unpaired) electrons. The van der Waals surface area contributed by atoms with Crippen LogP contribution in [0.25, 0.3) is 0 Å². The number of nitrogens with two attached hydrogens (primary N) is 1. The Kier molecular flexibility index (Phi) is 5.49. The molecule has 0 unspecified atom stereocenters. The Balaban J connectivity index is 4.91. The predicted molar refractivity (Wildman–Crippen MR) is 61.1 cm³/mol. The molecule has 0 amide bonds. The first-order chi connectivity index (χ1) is 6.76. The molecule has 0 spiro atoms. The van der Waals surface area contributed by atoms with Gasteiger partial charge in [0.25, 0.3) is 0 Å². The smallest absolute Gasteiger partial charge is 0.197 e. The molecule has 0 aliphatic rings. The van der Waals surface area contributed by atoms with Gasteiger partial charge in [-0.15, -0.1) is 0 Å². The van der Waals surface area contributed by atoms with E-state index >= 15 is 0 Å². The second kappa shape index (κ2) is 5.85. The highest BCUT2D eigenvalue weighted by molar-refractivity contribution is 7.89. The molecule has 2 N–H and O–H groups in total. The topological polar surface area (TPSA) is 69.4 Å². The molecule has 0 aromatic carbocycles. The maximum Gasteiger partial charge on any atom is 0.306 e. The average molecular weight is 231 g/mol. The van der Waals surface area contributed by atoms with E-state index in [9.17, 15) is 8.42 Å². The SMILES string of the molecule is CC(C)=C/C(C)=C\C(C)=C\S(=O)(=O)ON. The summed E-state index contributed by atoms with van der Waals surface area (Å²) in [5, 5.41) is 0.981.